The predicted molar refractivity (Wildman–Crippen MR) is 104 cm³/mol. The van der Waals surface area contributed by atoms with E-state index in [1.807, 2.05) is 24.8 Å². The number of hydrogen-bond donors (Lipinski definition) is 0. The van der Waals surface area contributed by atoms with Gasteiger partial charge in [0.25, 0.3) is 0 Å². The van der Waals surface area contributed by atoms with Gasteiger partial charge in [-0.1, -0.05) is 30.1 Å². The number of hydrogen-bond acceptors (Lipinski definition) is 4. The maximum atomic E-state index is 13.8. The molecule has 1 saturated carbocycles. The standard InChI is InChI=1S/C22H28FN3O2/c1-16-20(17(2)28-24-16)15-25-10-12-26(13-11-25)21(27)22(8-3-4-9-22)18-6-5-7-19(23)14-18/h5-7,14H,3-4,8-13,15H2,1-2H3. The topological polar surface area (TPSA) is 49.6 Å². The highest BCUT2D eigenvalue weighted by atomic mass is 19.1. The molecule has 1 aliphatic heterocycles. The average Bonchev–Trinajstić information content (AvgIpc) is 3.32. The molecule has 0 atom stereocenters. The monoisotopic (exact) mass is 385 g/mol. The summed E-state index contributed by atoms with van der Waals surface area (Å²) < 4.78 is 19.1. The van der Waals surface area contributed by atoms with Gasteiger partial charge in [0.05, 0.1) is 11.1 Å². The molecular weight excluding hydrogens is 357 g/mol. The third kappa shape index (κ3) is 3.46. The first-order valence-electron chi connectivity index (χ1n) is 10.2. The lowest BCUT2D eigenvalue weighted by atomic mass is 9.77. The SMILES string of the molecule is Cc1noc(C)c1CN1CCN(C(=O)C2(c3cccc(F)c3)CCCC2)CC1. The Kier molecular flexibility index (Phi) is 5.23. The molecule has 2 aromatic rings. The van der Waals surface area contributed by atoms with Gasteiger partial charge in [0.1, 0.15) is 11.6 Å². The van der Waals surface area contributed by atoms with Gasteiger partial charge in [-0.25, -0.2) is 4.39 Å². The molecule has 2 aliphatic rings. The maximum Gasteiger partial charge on any atom is 0.233 e. The molecule has 0 unspecified atom stereocenters. The molecule has 0 N–H and O–H groups in total. The van der Waals surface area contributed by atoms with Crippen LogP contribution in [0.5, 0.6) is 0 Å². The minimum atomic E-state index is -0.550. The Bertz CT molecular complexity index is 830. The van der Waals surface area contributed by atoms with E-state index in [9.17, 15) is 9.18 Å². The first-order valence-corrected chi connectivity index (χ1v) is 10.2. The van der Waals surface area contributed by atoms with E-state index in [2.05, 4.69) is 10.1 Å². The van der Waals surface area contributed by atoms with Crippen molar-refractivity contribution in [3.63, 3.8) is 0 Å². The zero-order valence-corrected chi connectivity index (χ0v) is 16.7. The third-order valence-corrected chi connectivity index (χ3v) is 6.47. The van der Waals surface area contributed by atoms with Crippen LogP contribution < -0.4 is 0 Å². The summed E-state index contributed by atoms with van der Waals surface area (Å²) in [5.41, 5.74) is 2.37. The number of amides is 1. The van der Waals surface area contributed by atoms with E-state index in [1.165, 1.54) is 6.07 Å². The molecule has 4 rings (SSSR count). The van der Waals surface area contributed by atoms with E-state index in [4.69, 9.17) is 4.52 Å². The summed E-state index contributed by atoms with van der Waals surface area (Å²) in [4.78, 5) is 17.9. The first kappa shape index (κ1) is 19.1. The molecule has 2 heterocycles. The van der Waals surface area contributed by atoms with Gasteiger partial charge in [0, 0.05) is 38.3 Å². The quantitative estimate of drug-likeness (QED) is 0.807. The highest BCUT2D eigenvalue weighted by molar-refractivity contribution is 5.88. The minimum absolute atomic E-state index is 0.174. The molecule has 1 aromatic heterocycles. The van der Waals surface area contributed by atoms with Crippen molar-refractivity contribution < 1.29 is 13.7 Å². The lowest BCUT2D eigenvalue weighted by Gasteiger charge is -2.40. The third-order valence-electron chi connectivity index (χ3n) is 6.47. The zero-order valence-electron chi connectivity index (χ0n) is 16.7. The summed E-state index contributed by atoms with van der Waals surface area (Å²) in [6, 6.07) is 6.64. The van der Waals surface area contributed by atoms with E-state index in [0.717, 1.165) is 67.9 Å². The van der Waals surface area contributed by atoms with Crippen molar-refractivity contribution in [2.75, 3.05) is 26.2 Å². The zero-order chi connectivity index (χ0) is 19.7. The normalized spacial score (nSPS) is 19.9. The van der Waals surface area contributed by atoms with Crippen molar-refractivity contribution in [2.45, 2.75) is 51.5 Å². The van der Waals surface area contributed by atoms with Crippen LogP contribution in [-0.4, -0.2) is 47.0 Å². The van der Waals surface area contributed by atoms with Crippen LogP contribution in [0.2, 0.25) is 0 Å². The van der Waals surface area contributed by atoms with Crippen LogP contribution >= 0.6 is 0 Å². The van der Waals surface area contributed by atoms with Crippen molar-refractivity contribution in [3.8, 4) is 0 Å². The molecule has 28 heavy (non-hydrogen) atoms. The van der Waals surface area contributed by atoms with Gasteiger partial charge in [-0.3, -0.25) is 9.69 Å². The number of nitrogens with zero attached hydrogens (tertiary/aromatic N) is 3. The highest BCUT2D eigenvalue weighted by Crippen LogP contribution is 2.43. The second-order valence-electron chi connectivity index (χ2n) is 8.17. The van der Waals surface area contributed by atoms with Gasteiger partial charge in [0.15, 0.2) is 0 Å². The number of rotatable bonds is 4. The van der Waals surface area contributed by atoms with Crippen LogP contribution in [-0.2, 0) is 16.8 Å². The Labute approximate surface area is 165 Å². The predicted octanol–water partition coefficient (Wildman–Crippen LogP) is 3.59. The van der Waals surface area contributed by atoms with Crippen molar-refractivity contribution >= 4 is 5.91 Å². The van der Waals surface area contributed by atoms with Crippen molar-refractivity contribution in [2.24, 2.45) is 0 Å². The Morgan fingerprint density at radius 1 is 1.18 bits per heavy atom. The van der Waals surface area contributed by atoms with E-state index >= 15 is 0 Å². The van der Waals surface area contributed by atoms with Crippen LogP contribution in [0.1, 0.15) is 48.3 Å². The first-order chi connectivity index (χ1) is 13.5. The Hall–Kier alpha value is -2.21. The molecular formula is C22H28FN3O2. The number of aryl methyl sites for hydroxylation is 2. The number of carbonyl (C=O) groups is 1. The molecule has 5 nitrogen and oxygen atoms in total. The minimum Gasteiger partial charge on any atom is -0.361 e. The fourth-order valence-corrected chi connectivity index (χ4v) is 4.75. The number of aromatic nitrogens is 1. The Morgan fingerprint density at radius 3 is 2.50 bits per heavy atom. The largest absolute Gasteiger partial charge is 0.361 e. The molecule has 1 amide bonds. The van der Waals surface area contributed by atoms with Crippen LogP contribution in [0.25, 0.3) is 0 Å². The number of piperazine rings is 1. The molecule has 2 fully saturated rings. The summed E-state index contributed by atoms with van der Waals surface area (Å²) in [7, 11) is 0. The lowest BCUT2D eigenvalue weighted by Crippen LogP contribution is -2.53. The fraction of sp³-hybridized carbons (Fsp3) is 0.545. The molecule has 1 aliphatic carbocycles. The molecule has 0 radical (unpaired) electrons. The smallest absolute Gasteiger partial charge is 0.233 e. The summed E-state index contributed by atoms with van der Waals surface area (Å²) in [5, 5.41) is 4.03. The van der Waals surface area contributed by atoms with Gasteiger partial charge in [-0.15, -0.1) is 0 Å². The maximum absolute atomic E-state index is 13.8. The second-order valence-corrected chi connectivity index (χ2v) is 8.17. The summed E-state index contributed by atoms with van der Waals surface area (Å²) in [6.07, 6.45) is 3.67. The highest BCUT2D eigenvalue weighted by Gasteiger charge is 2.45. The van der Waals surface area contributed by atoms with Gasteiger partial charge in [-0.05, 0) is 44.4 Å². The van der Waals surface area contributed by atoms with Crippen molar-refractivity contribution in [1.82, 2.24) is 15.0 Å². The Balaban J connectivity index is 1.45. The van der Waals surface area contributed by atoms with Gasteiger partial charge in [-0.2, -0.15) is 0 Å². The molecule has 1 aromatic carbocycles. The van der Waals surface area contributed by atoms with Crippen molar-refractivity contribution in [1.29, 1.82) is 0 Å². The van der Waals surface area contributed by atoms with Crippen molar-refractivity contribution in [3.05, 3.63) is 52.7 Å². The van der Waals surface area contributed by atoms with Gasteiger partial charge >= 0.3 is 0 Å². The van der Waals surface area contributed by atoms with Crippen LogP contribution in [0.4, 0.5) is 4.39 Å². The molecule has 0 bridgehead atoms. The van der Waals surface area contributed by atoms with E-state index < -0.39 is 5.41 Å². The summed E-state index contributed by atoms with van der Waals surface area (Å²) in [5.74, 6) is 0.778. The lowest BCUT2D eigenvalue weighted by molar-refractivity contribution is -0.139. The van der Waals surface area contributed by atoms with Crippen LogP contribution in [0.15, 0.2) is 28.8 Å². The molecule has 150 valence electrons. The summed E-state index contributed by atoms with van der Waals surface area (Å²) >= 11 is 0. The average molecular weight is 385 g/mol. The number of carbonyl (C=O) groups excluding carboxylic acids is 1. The molecule has 1 saturated heterocycles. The second kappa shape index (κ2) is 7.66. The number of benzene rings is 1. The Morgan fingerprint density at radius 2 is 1.89 bits per heavy atom. The summed E-state index contributed by atoms with van der Waals surface area (Å²) in [6.45, 7) is 7.78. The number of halogens is 1. The molecule has 0 spiro atoms. The molecule has 6 heteroatoms. The fourth-order valence-electron chi connectivity index (χ4n) is 4.75. The van der Waals surface area contributed by atoms with Gasteiger partial charge < -0.3 is 9.42 Å². The van der Waals surface area contributed by atoms with E-state index in [-0.39, 0.29) is 11.7 Å². The van der Waals surface area contributed by atoms with Crippen LogP contribution in [0.3, 0.4) is 0 Å². The van der Waals surface area contributed by atoms with Crippen LogP contribution in [0, 0.1) is 19.7 Å². The van der Waals surface area contributed by atoms with E-state index in [1.54, 1.807) is 12.1 Å². The van der Waals surface area contributed by atoms with E-state index in [0.29, 0.717) is 13.1 Å². The van der Waals surface area contributed by atoms with Gasteiger partial charge in [0.2, 0.25) is 5.91 Å².